The predicted octanol–water partition coefficient (Wildman–Crippen LogP) is 0.709. The third kappa shape index (κ3) is 2.25. The number of hydrogen-bond acceptors (Lipinski definition) is 6. The third-order valence-corrected chi connectivity index (χ3v) is 4.88. The van der Waals surface area contributed by atoms with Crippen LogP contribution in [0.15, 0.2) is 22.0 Å². The van der Waals surface area contributed by atoms with Gasteiger partial charge in [0, 0.05) is 0 Å². The summed E-state index contributed by atoms with van der Waals surface area (Å²) in [6, 6.07) is 3.44. The van der Waals surface area contributed by atoms with Crippen LogP contribution in [-0.4, -0.2) is 30.4 Å². The van der Waals surface area contributed by atoms with Crippen LogP contribution in [0.3, 0.4) is 0 Å². The highest BCUT2D eigenvalue weighted by atomic mass is 32.2. The Hall–Kier alpha value is -2.00. The number of rotatable bonds is 3. The van der Waals surface area contributed by atoms with Gasteiger partial charge in [-0.2, -0.15) is 4.99 Å². The Morgan fingerprint density at radius 1 is 1.30 bits per heavy atom. The van der Waals surface area contributed by atoms with Crippen molar-refractivity contribution < 1.29 is 13.3 Å². The Labute approximate surface area is 116 Å². The largest absolute Gasteiger partial charge is 0.396 e. The number of benzene rings is 1. The Kier molecular flexibility index (Phi) is 3.48. The summed E-state index contributed by atoms with van der Waals surface area (Å²) in [7, 11) is -4.06. The molecule has 20 heavy (non-hydrogen) atoms. The number of hydrazine groups is 1. The van der Waals surface area contributed by atoms with Crippen LogP contribution in [0.5, 0.6) is 0 Å². The lowest BCUT2D eigenvalue weighted by atomic mass is 10.1. The van der Waals surface area contributed by atoms with Gasteiger partial charge >= 0.3 is 6.29 Å². The van der Waals surface area contributed by atoms with Gasteiger partial charge in [0.1, 0.15) is 6.34 Å². The van der Waals surface area contributed by atoms with Crippen molar-refractivity contribution in [3.05, 3.63) is 38.9 Å². The molecule has 9 heteroatoms. The van der Waals surface area contributed by atoms with Crippen LogP contribution in [0.1, 0.15) is 16.7 Å². The summed E-state index contributed by atoms with van der Waals surface area (Å²) in [6.07, 6.45) is -0.677. The molecular formula is C11H14N4O4S. The van der Waals surface area contributed by atoms with Gasteiger partial charge in [0.15, 0.2) is 0 Å². The van der Waals surface area contributed by atoms with E-state index >= 15 is 0 Å². The molecule has 0 spiro atoms. The molecule has 0 aromatic heterocycles. The maximum absolute atomic E-state index is 12.6. The van der Waals surface area contributed by atoms with Gasteiger partial charge in [-0.05, 0) is 36.3 Å². The van der Waals surface area contributed by atoms with Crippen LogP contribution < -0.4 is 5.43 Å². The minimum Gasteiger partial charge on any atom is -0.288 e. The number of hydrogen-bond donors (Lipinski definition) is 1. The van der Waals surface area contributed by atoms with Crippen LogP contribution in [0.25, 0.3) is 0 Å². The second-order valence-electron chi connectivity index (χ2n) is 4.57. The molecule has 1 aromatic rings. The number of nitro groups is 1. The third-order valence-electron chi connectivity index (χ3n) is 2.91. The Balaban J connectivity index is 2.55. The molecule has 0 aliphatic carbocycles. The summed E-state index contributed by atoms with van der Waals surface area (Å²) < 4.78 is 25.7. The van der Waals surface area contributed by atoms with E-state index in [-0.39, 0.29) is 4.90 Å². The molecule has 1 aliphatic heterocycles. The molecule has 0 amide bonds. The molecule has 0 saturated carbocycles. The molecule has 1 atom stereocenters. The number of sulfonamides is 1. The zero-order valence-corrected chi connectivity index (χ0v) is 12.0. The van der Waals surface area contributed by atoms with Crippen molar-refractivity contribution in [2.75, 3.05) is 0 Å². The Morgan fingerprint density at radius 2 is 1.85 bits per heavy atom. The van der Waals surface area contributed by atoms with E-state index in [1.165, 1.54) is 0 Å². The Morgan fingerprint density at radius 3 is 2.35 bits per heavy atom. The molecule has 8 nitrogen and oxygen atoms in total. The first-order valence-corrected chi connectivity index (χ1v) is 7.23. The van der Waals surface area contributed by atoms with E-state index in [1.54, 1.807) is 26.0 Å². The van der Waals surface area contributed by atoms with Gasteiger partial charge in [0.25, 0.3) is 10.0 Å². The van der Waals surface area contributed by atoms with Crippen molar-refractivity contribution in [3.63, 3.8) is 0 Å². The lowest BCUT2D eigenvalue weighted by molar-refractivity contribution is -0.540. The van der Waals surface area contributed by atoms with Crippen molar-refractivity contribution in [1.29, 1.82) is 0 Å². The molecule has 1 aliphatic rings. The summed E-state index contributed by atoms with van der Waals surface area (Å²) >= 11 is 0. The highest BCUT2D eigenvalue weighted by molar-refractivity contribution is 7.89. The van der Waals surface area contributed by atoms with Crippen LogP contribution >= 0.6 is 0 Å². The maximum atomic E-state index is 12.6. The quantitative estimate of drug-likeness (QED) is 0.653. The van der Waals surface area contributed by atoms with E-state index in [1.807, 2.05) is 6.92 Å². The van der Waals surface area contributed by atoms with E-state index in [4.69, 9.17) is 0 Å². The second-order valence-corrected chi connectivity index (χ2v) is 6.32. The first-order valence-electron chi connectivity index (χ1n) is 5.78. The fraction of sp³-hybridized carbons (Fsp3) is 0.364. The highest BCUT2D eigenvalue weighted by Crippen LogP contribution is 2.26. The summed E-state index contributed by atoms with van der Waals surface area (Å²) in [5.41, 5.74) is 4.31. The fourth-order valence-corrected chi connectivity index (χ4v) is 3.98. The minimum atomic E-state index is -4.06. The van der Waals surface area contributed by atoms with Crippen LogP contribution in [0.4, 0.5) is 0 Å². The van der Waals surface area contributed by atoms with Gasteiger partial charge in [-0.15, -0.1) is 0 Å². The maximum Gasteiger partial charge on any atom is 0.396 e. The van der Waals surface area contributed by atoms with E-state index in [2.05, 4.69) is 10.4 Å². The molecule has 0 bridgehead atoms. The number of aliphatic imine (C=N–C) groups is 1. The van der Waals surface area contributed by atoms with E-state index < -0.39 is 21.2 Å². The molecule has 1 unspecified atom stereocenters. The zero-order chi connectivity index (χ0) is 15.1. The predicted molar refractivity (Wildman–Crippen MR) is 72.1 cm³/mol. The first kappa shape index (κ1) is 14.4. The zero-order valence-electron chi connectivity index (χ0n) is 11.2. The SMILES string of the molecule is Cc1cc(C)c(S(=O)(=O)N2NC=NC2[N+](=O)[O-])c(C)c1. The number of nitrogens with zero attached hydrogens (tertiary/aromatic N) is 3. The van der Waals surface area contributed by atoms with Crippen molar-refractivity contribution in [3.8, 4) is 0 Å². The van der Waals surface area contributed by atoms with Crippen molar-refractivity contribution >= 4 is 16.4 Å². The second kappa shape index (κ2) is 4.84. The monoisotopic (exact) mass is 298 g/mol. The van der Waals surface area contributed by atoms with E-state index in [0.29, 0.717) is 15.5 Å². The molecule has 0 radical (unpaired) electrons. The smallest absolute Gasteiger partial charge is 0.288 e. The summed E-state index contributed by atoms with van der Waals surface area (Å²) in [5, 5.41) is 10.9. The average molecular weight is 298 g/mol. The average Bonchev–Trinajstić information content (AvgIpc) is 2.75. The van der Waals surface area contributed by atoms with Crippen LogP contribution in [0, 0.1) is 30.9 Å². The molecule has 1 aromatic carbocycles. The summed E-state index contributed by atoms with van der Waals surface area (Å²) in [6.45, 7) is 5.17. The van der Waals surface area contributed by atoms with E-state index in [9.17, 15) is 18.5 Å². The van der Waals surface area contributed by atoms with Gasteiger partial charge in [-0.3, -0.25) is 15.5 Å². The van der Waals surface area contributed by atoms with Crippen LogP contribution in [0.2, 0.25) is 0 Å². The van der Waals surface area contributed by atoms with Gasteiger partial charge in [0.2, 0.25) is 0 Å². The normalized spacial score (nSPS) is 19.1. The van der Waals surface area contributed by atoms with E-state index in [0.717, 1.165) is 11.9 Å². The lowest BCUT2D eigenvalue weighted by Gasteiger charge is -2.19. The summed E-state index contributed by atoms with van der Waals surface area (Å²) in [4.78, 5) is 13.6. The summed E-state index contributed by atoms with van der Waals surface area (Å²) in [5.74, 6) is 0. The van der Waals surface area contributed by atoms with Gasteiger partial charge in [-0.25, -0.2) is 8.42 Å². The first-order chi connectivity index (χ1) is 9.25. The Bertz CT molecular complexity index is 675. The lowest BCUT2D eigenvalue weighted by Crippen LogP contribution is -2.47. The minimum absolute atomic E-state index is 0.0629. The van der Waals surface area contributed by atoms with Gasteiger partial charge in [-0.1, -0.05) is 17.7 Å². The molecular weight excluding hydrogens is 284 g/mol. The standard InChI is InChI=1S/C11H14N4O4S/c1-7-4-8(2)10(9(3)5-7)20(18,19)14-11(15(16)17)12-6-13-14/h4-6,11H,1-3H3,(H,12,13). The topological polar surface area (TPSA) is 105 Å². The fourth-order valence-electron chi connectivity index (χ4n) is 2.29. The number of aryl methyl sites for hydroxylation is 3. The molecule has 1 heterocycles. The van der Waals surface area contributed by atoms with Crippen molar-refractivity contribution in [2.24, 2.45) is 4.99 Å². The van der Waals surface area contributed by atoms with Gasteiger partial charge in [0.05, 0.1) is 9.82 Å². The molecule has 2 rings (SSSR count). The van der Waals surface area contributed by atoms with Gasteiger partial charge < -0.3 is 0 Å². The van der Waals surface area contributed by atoms with Crippen molar-refractivity contribution in [1.82, 2.24) is 9.84 Å². The molecule has 1 N–H and O–H groups in total. The molecule has 0 fully saturated rings. The molecule has 108 valence electrons. The van der Waals surface area contributed by atoms with Crippen molar-refractivity contribution in [2.45, 2.75) is 32.0 Å². The highest BCUT2D eigenvalue weighted by Gasteiger charge is 2.42. The van der Waals surface area contributed by atoms with Crippen LogP contribution in [-0.2, 0) is 10.0 Å². The number of nitrogens with one attached hydrogen (secondary N) is 1. The molecule has 0 saturated heterocycles.